The van der Waals surface area contributed by atoms with Gasteiger partial charge >= 0.3 is 0 Å². The number of nitrogens with two attached hydrogens (primary N) is 1. The number of hydrogen-bond donors (Lipinski definition) is 1. The first kappa shape index (κ1) is 13.0. The SMILES string of the molecule is NC(=NOCc1ccc(F)c(Br)c1)c1ccsc1. The first-order valence-corrected chi connectivity index (χ1v) is 6.82. The van der Waals surface area contributed by atoms with Crippen molar-refractivity contribution >= 4 is 33.1 Å². The maximum absolute atomic E-state index is 13.0. The maximum Gasteiger partial charge on any atom is 0.171 e. The molecule has 0 unspecified atom stereocenters. The van der Waals surface area contributed by atoms with Gasteiger partial charge in [-0.15, -0.1) is 0 Å². The van der Waals surface area contributed by atoms with Crippen molar-refractivity contribution in [3.63, 3.8) is 0 Å². The smallest absolute Gasteiger partial charge is 0.171 e. The van der Waals surface area contributed by atoms with Gasteiger partial charge in [-0.25, -0.2) is 4.39 Å². The highest BCUT2D eigenvalue weighted by Gasteiger charge is 2.02. The Morgan fingerprint density at radius 2 is 2.28 bits per heavy atom. The second-order valence-corrected chi connectivity index (χ2v) is 5.14. The zero-order valence-electron chi connectivity index (χ0n) is 9.27. The van der Waals surface area contributed by atoms with Crippen LogP contribution in [0.15, 0.2) is 44.7 Å². The fraction of sp³-hybridized carbons (Fsp3) is 0.0833. The predicted octanol–water partition coefficient (Wildman–Crippen LogP) is 3.49. The van der Waals surface area contributed by atoms with Gasteiger partial charge in [0.15, 0.2) is 5.84 Å². The van der Waals surface area contributed by atoms with E-state index in [1.807, 2.05) is 16.8 Å². The Morgan fingerprint density at radius 1 is 1.44 bits per heavy atom. The minimum atomic E-state index is -0.306. The third-order valence-electron chi connectivity index (χ3n) is 2.20. The van der Waals surface area contributed by atoms with E-state index >= 15 is 0 Å². The molecular weight excluding hydrogens is 319 g/mol. The van der Waals surface area contributed by atoms with Gasteiger partial charge in [0, 0.05) is 10.9 Å². The van der Waals surface area contributed by atoms with Crippen LogP contribution in [-0.2, 0) is 11.4 Å². The molecule has 0 aliphatic heterocycles. The Morgan fingerprint density at radius 3 is 2.94 bits per heavy atom. The van der Waals surface area contributed by atoms with Crippen LogP contribution in [0, 0.1) is 5.82 Å². The molecule has 0 spiro atoms. The van der Waals surface area contributed by atoms with Gasteiger partial charge in [0.2, 0.25) is 0 Å². The monoisotopic (exact) mass is 328 g/mol. The summed E-state index contributed by atoms with van der Waals surface area (Å²) in [7, 11) is 0. The number of halogens is 2. The van der Waals surface area contributed by atoms with E-state index in [0.717, 1.165) is 11.1 Å². The lowest BCUT2D eigenvalue weighted by atomic mass is 10.2. The number of amidine groups is 1. The van der Waals surface area contributed by atoms with E-state index in [1.165, 1.54) is 17.4 Å². The van der Waals surface area contributed by atoms with E-state index in [2.05, 4.69) is 21.1 Å². The number of oxime groups is 1. The Balaban J connectivity index is 1.96. The van der Waals surface area contributed by atoms with Gasteiger partial charge in [-0.2, -0.15) is 11.3 Å². The van der Waals surface area contributed by atoms with Crippen LogP contribution in [0.3, 0.4) is 0 Å². The molecule has 0 radical (unpaired) electrons. The van der Waals surface area contributed by atoms with Crippen LogP contribution in [0.25, 0.3) is 0 Å². The van der Waals surface area contributed by atoms with Gasteiger partial charge in [-0.05, 0) is 45.1 Å². The number of benzene rings is 1. The van der Waals surface area contributed by atoms with Gasteiger partial charge in [-0.1, -0.05) is 11.2 Å². The van der Waals surface area contributed by atoms with Gasteiger partial charge in [0.1, 0.15) is 12.4 Å². The molecule has 0 saturated carbocycles. The molecule has 0 bridgehead atoms. The molecule has 0 fully saturated rings. The van der Waals surface area contributed by atoms with E-state index in [-0.39, 0.29) is 12.4 Å². The van der Waals surface area contributed by atoms with Crippen molar-refractivity contribution < 1.29 is 9.23 Å². The van der Waals surface area contributed by atoms with Crippen LogP contribution in [-0.4, -0.2) is 5.84 Å². The molecular formula is C12H10BrFN2OS. The summed E-state index contributed by atoms with van der Waals surface area (Å²) in [5.74, 6) is 0.0254. The molecule has 1 aromatic heterocycles. The van der Waals surface area contributed by atoms with Crippen LogP contribution in [0.2, 0.25) is 0 Å². The summed E-state index contributed by atoms with van der Waals surface area (Å²) in [5.41, 5.74) is 7.36. The van der Waals surface area contributed by atoms with Crippen LogP contribution in [0.5, 0.6) is 0 Å². The summed E-state index contributed by atoms with van der Waals surface area (Å²) < 4.78 is 13.4. The largest absolute Gasteiger partial charge is 0.389 e. The topological polar surface area (TPSA) is 47.6 Å². The maximum atomic E-state index is 13.0. The fourth-order valence-electron chi connectivity index (χ4n) is 1.27. The van der Waals surface area contributed by atoms with Crippen LogP contribution in [0.4, 0.5) is 4.39 Å². The van der Waals surface area contributed by atoms with Gasteiger partial charge < -0.3 is 10.6 Å². The molecule has 1 heterocycles. The lowest BCUT2D eigenvalue weighted by molar-refractivity contribution is 0.130. The molecule has 0 atom stereocenters. The second kappa shape index (κ2) is 5.97. The van der Waals surface area contributed by atoms with Crippen molar-refractivity contribution in [2.75, 3.05) is 0 Å². The highest BCUT2D eigenvalue weighted by Crippen LogP contribution is 2.17. The molecule has 1 aromatic carbocycles. The fourth-order valence-corrected chi connectivity index (χ4v) is 2.34. The second-order valence-electron chi connectivity index (χ2n) is 3.51. The van der Waals surface area contributed by atoms with Crippen molar-refractivity contribution in [1.82, 2.24) is 0 Å². The number of hydrogen-bond acceptors (Lipinski definition) is 3. The third-order valence-corrected chi connectivity index (χ3v) is 3.49. The van der Waals surface area contributed by atoms with Gasteiger partial charge in [0.25, 0.3) is 0 Å². The average Bonchev–Trinajstić information content (AvgIpc) is 2.87. The van der Waals surface area contributed by atoms with Gasteiger partial charge in [-0.3, -0.25) is 0 Å². The van der Waals surface area contributed by atoms with Gasteiger partial charge in [0.05, 0.1) is 4.47 Å². The highest BCUT2D eigenvalue weighted by atomic mass is 79.9. The summed E-state index contributed by atoms with van der Waals surface area (Å²) in [4.78, 5) is 5.12. The summed E-state index contributed by atoms with van der Waals surface area (Å²) in [6.07, 6.45) is 0. The van der Waals surface area contributed by atoms with Crippen LogP contribution < -0.4 is 5.73 Å². The molecule has 0 amide bonds. The highest BCUT2D eigenvalue weighted by molar-refractivity contribution is 9.10. The van der Waals surface area contributed by atoms with Crippen LogP contribution >= 0.6 is 27.3 Å². The number of thiophene rings is 1. The van der Waals surface area contributed by atoms with Crippen molar-refractivity contribution in [3.8, 4) is 0 Å². The molecule has 0 aliphatic rings. The number of nitrogens with zero attached hydrogens (tertiary/aromatic N) is 1. The molecule has 94 valence electrons. The Bertz CT molecular complexity index is 557. The van der Waals surface area contributed by atoms with E-state index in [1.54, 1.807) is 12.1 Å². The summed E-state index contributed by atoms with van der Waals surface area (Å²) in [5, 5.41) is 7.60. The average molecular weight is 329 g/mol. The molecule has 2 aromatic rings. The molecule has 0 saturated heterocycles. The standard InChI is InChI=1S/C12H10BrFN2OS/c13-10-5-8(1-2-11(10)14)6-17-16-12(15)9-3-4-18-7-9/h1-5,7H,6H2,(H2,15,16). The van der Waals surface area contributed by atoms with Crippen molar-refractivity contribution in [2.24, 2.45) is 10.9 Å². The lowest BCUT2D eigenvalue weighted by Gasteiger charge is -2.02. The quantitative estimate of drug-likeness (QED) is 0.530. The first-order valence-electron chi connectivity index (χ1n) is 5.09. The van der Waals surface area contributed by atoms with Crippen molar-refractivity contribution in [1.29, 1.82) is 0 Å². The molecule has 18 heavy (non-hydrogen) atoms. The predicted molar refractivity (Wildman–Crippen MR) is 73.9 cm³/mol. The summed E-state index contributed by atoms with van der Waals surface area (Å²) >= 11 is 4.65. The normalized spacial score (nSPS) is 11.6. The third kappa shape index (κ3) is 3.30. The van der Waals surface area contributed by atoms with E-state index in [9.17, 15) is 4.39 Å². The number of rotatable bonds is 4. The molecule has 0 aliphatic carbocycles. The summed E-state index contributed by atoms with van der Waals surface area (Å²) in [6.45, 7) is 0.240. The van der Waals surface area contributed by atoms with E-state index in [0.29, 0.717) is 10.3 Å². The Hall–Kier alpha value is -1.40. The van der Waals surface area contributed by atoms with Crippen molar-refractivity contribution in [2.45, 2.75) is 6.61 Å². The van der Waals surface area contributed by atoms with Crippen molar-refractivity contribution in [3.05, 3.63) is 56.4 Å². The molecule has 2 N–H and O–H groups in total. The van der Waals surface area contributed by atoms with E-state index in [4.69, 9.17) is 10.6 Å². The van der Waals surface area contributed by atoms with Crippen LogP contribution in [0.1, 0.15) is 11.1 Å². The Kier molecular flexibility index (Phi) is 4.33. The minimum absolute atomic E-state index is 0.240. The summed E-state index contributed by atoms with van der Waals surface area (Å²) in [6, 6.07) is 6.51. The minimum Gasteiger partial charge on any atom is -0.389 e. The zero-order chi connectivity index (χ0) is 13.0. The first-order chi connectivity index (χ1) is 8.66. The zero-order valence-corrected chi connectivity index (χ0v) is 11.7. The Labute approximate surface area is 116 Å². The molecule has 6 heteroatoms. The molecule has 2 rings (SSSR count). The lowest BCUT2D eigenvalue weighted by Crippen LogP contribution is -2.12. The van der Waals surface area contributed by atoms with E-state index < -0.39 is 0 Å². The molecule has 3 nitrogen and oxygen atoms in total.